The number of aryl methyl sites for hydroxylation is 3. The first kappa shape index (κ1) is 68.3. The lowest BCUT2D eigenvalue weighted by molar-refractivity contribution is 0.414. The van der Waals surface area contributed by atoms with Gasteiger partial charge in [-0.15, -0.1) is 0 Å². The first-order valence-electron chi connectivity index (χ1n) is 39.7. The van der Waals surface area contributed by atoms with E-state index in [0.717, 1.165) is 254 Å². The monoisotopic (exact) mass is 1520 g/mol. The first-order chi connectivity index (χ1) is 58.0. The number of para-hydroxylation sites is 1. The van der Waals surface area contributed by atoms with Crippen molar-refractivity contribution in [2.75, 3.05) is 28.4 Å². The molecule has 4 aromatic heterocycles. The Kier molecular flexibility index (Phi) is 15.3. The van der Waals surface area contributed by atoms with Crippen LogP contribution in [0.1, 0.15) is 0 Å². The highest BCUT2D eigenvalue weighted by Crippen LogP contribution is 2.49. The topological polar surface area (TPSA) is 116 Å². The second-order valence-corrected chi connectivity index (χ2v) is 31.0. The van der Waals surface area contributed by atoms with Crippen LogP contribution in [0.5, 0.6) is 23.0 Å². The number of fused-ring (bicyclic) bond motifs is 26. The molecule has 0 radical (unpaired) electrons. The summed E-state index contributed by atoms with van der Waals surface area (Å²) in [6.45, 7) is 0. The van der Waals surface area contributed by atoms with Gasteiger partial charge < -0.3 is 32.6 Å². The number of imidazole rings is 3. The lowest BCUT2D eigenvalue weighted by atomic mass is 9.90. The van der Waals surface area contributed by atoms with Gasteiger partial charge in [-0.05, 0) is 225 Å². The number of hydrogen-bond acceptors (Lipinski definition) is 9. The molecule has 12 nitrogen and oxygen atoms in total. The average molecular weight is 1520 g/mol. The van der Waals surface area contributed by atoms with Crippen molar-refractivity contribution in [3.05, 3.63) is 309 Å². The Morgan fingerprint density at radius 3 is 0.932 bits per heavy atom. The van der Waals surface area contributed by atoms with Crippen LogP contribution in [0, 0.1) is 0 Å². The van der Waals surface area contributed by atoms with Crippen LogP contribution < -0.4 is 18.9 Å². The zero-order chi connectivity index (χ0) is 78.9. The van der Waals surface area contributed by atoms with Crippen molar-refractivity contribution in [1.82, 2.24) is 38.6 Å². The van der Waals surface area contributed by atoms with Gasteiger partial charge in [0.15, 0.2) is 0 Å². The van der Waals surface area contributed by atoms with Gasteiger partial charge in [0.05, 0.1) is 83.7 Å². The number of methoxy groups -OCH3 is 4. The zero-order valence-corrected chi connectivity index (χ0v) is 65.7. The zero-order valence-electron chi connectivity index (χ0n) is 65.7. The highest BCUT2D eigenvalue weighted by Gasteiger charge is 2.27. The molecule has 0 atom stereocenters. The minimum absolute atomic E-state index is 0.660. The van der Waals surface area contributed by atoms with Crippen LogP contribution in [0.3, 0.4) is 0 Å². The van der Waals surface area contributed by atoms with Crippen molar-refractivity contribution in [3.63, 3.8) is 0 Å². The Hall–Kier alpha value is -15.3. The number of benzene rings is 19. The molecule has 19 aromatic carbocycles. The van der Waals surface area contributed by atoms with Gasteiger partial charge >= 0.3 is 0 Å². The lowest BCUT2D eigenvalue weighted by Gasteiger charge is -2.15. The van der Waals surface area contributed by atoms with Crippen LogP contribution in [-0.4, -0.2) is 67.1 Å². The van der Waals surface area contributed by atoms with Gasteiger partial charge in [-0.1, -0.05) is 194 Å². The normalized spacial score (nSPS) is 12.0. The largest absolute Gasteiger partial charge is 0.497 e. The molecule has 23 aromatic rings. The van der Waals surface area contributed by atoms with Crippen molar-refractivity contribution < 1.29 is 18.9 Å². The van der Waals surface area contributed by atoms with Crippen LogP contribution in [0.4, 0.5) is 0 Å². The number of nitrogens with zero attached hydrogens (tertiary/aromatic N) is 8. The summed E-state index contributed by atoms with van der Waals surface area (Å²) >= 11 is 0. The maximum Gasteiger partial charge on any atom is 0.146 e. The van der Waals surface area contributed by atoms with Gasteiger partial charge in [0.1, 0.15) is 46.0 Å². The molecule has 0 unspecified atom stereocenters. The van der Waals surface area contributed by atoms with E-state index >= 15 is 0 Å². The fourth-order valence-electron chi connectivity index (χ4n) is 18.9. The summed E-state index contributed by atoms with van der Waals surface area (Å²) in [5.74, 6) is 5.56. The molecule has 0 saturated heterocycles. The Balaban J connectivity index is 0.686. The quantitative estimate of drug-likeness (QED) is 0.0871. The van der Waals surface area contributed by atoms with Crippen molar-refractivity contribution in [3.8, 4) is 113 Å². The summed E-state index contributed by atoms with van der Waals surface area (Å²) in [7, 11) is 13.3. The van der Waals surface area contributed by atoms with E-state index in [4.69, 9.17) is 43.9 Å². The molecule has 560 valence electrons. The van der Waals surface area contributed by atoms with E-state index in [-0.39, 0.29) is 0 Å². The SMILES string of the molecule is COc1ccc(-c2nc3c4cc(-c5ccccc5)ccc4c4ccc(-c5ccc6c7ccc(-c8ccc9c%10ccc(-c%11ccc%12c%13ccc(-c%14ccccc%14)cc%13c%13c(nc(-c%14c(OC)ccc%15ccccc%14%15)n%13C)c%12c%11)cc%10c%10nc(-c%11ccc(OC)cc%11)n(C)c%10c9c8)cc7c7nc8c(OC)cccc8nc7c6c5)cc4c3n2C)cc1. The maximum absolute atomic E-state index is 6.18. The molecule has 0 spiro atoms. The van der Waals surface area contributed by atoms with Crippen LogP contribution in [0.2, 0.25) is 0 Å². The highest BCUT2D eigenvalue weighted by atomic mass is 16.5. The van der Waals surface area contributed by atoms with Gasteiger partial charge in [0.2, 0.25) is 0 Å². The van der Waals surface area contributed by atoms with E-state index in [1.54, 1.807) is 28.4 Å². The average Bonchev–Trinajstić information content (AvgIpc) is 1.45. The number of hydrogen-bond donors (Lipinski definition) is 0. The predicted molar refractivity (Wildman–Crippen MR) is 487 cm³/mol. The van der Waals surface area contributed by atoms with Crippen LogP contribution >= 0.6 is 0 Å². The maximum atomic E-state index is 6.18. The fraction of sp³-hybridized carbons (Fsp3) is 0.0660. The van der Waals surface area contributed by atoms with Gasteiger partial charge in [0.25, 0.3) is 0 Å². The van der Waals surface area contributed by atoms with E-state index in [1.807, 2.05) is 42.5 Å². The Labute approximate surface area is 677 Å². The molecular formula is C106H72N8O4. The standard InChI is InChI=1S/C106H72N8O4/c1-112-101-89-57-70(35-48-81(89)77-42-29-64(59-17-10-8-11-18-59)51-85(77)97(101)109-104(112)62-25-38-72(115-4)39-26-62)66-31-43-75-76-44-32-67(53-84(76)96-95(83(75)52-66)107-91-23-16-24-93(118-7)100(91)108-96)71-36-49-82-78-45-33-68(54-86(78)98-102(90(82)58-71)113(2)105(110-98)63-27-40-73(116-5)41-28-63)69-34-46-79-80-47-30-65(60-19-12-9-13-20-60)56-88(80)103-99(87(79)55-69)111-106(114(103)3)94-74-22-15-14-21-61(74)37-50-92(94)117-6/h8-58H,1-7H3. The van der Waals surface area contributed by atoms with Crippen LogP contribution in [0.15, 0.2) is 309 Å². The van der Waals surface area contributed by atoms with Gasteiger partial charge in [-0.3, -0.25) is 0 Å². The van der Waals surface area contributed by atoms with E-state index in [2.05, 4.69) is 302 Å². The summed E-state index contributed by atoms with van der Waals surface area (Å²) in [5.41, 5.74) is 22.8. The lowest BCUT2D eigenvalue weighted by Crippen LogP contribution is -1.97. The Bertz CT molecular complexity index is 8260. The van der Waals surface area contributed by atoms with Gasteiger partial charge in [-0.25, -0.2) is 24.9 Å². The Morgan fingerprint density at radius 1 is 0.203 bits per heavy atom. The van der Waals surface area contributed by atoms with Crippen molar-refractivity contribution >= 4 is 152 Å². The molecule has 0 saturated carbocycles. The molecule has 0 aliphatic heterocycles. The van der Waals surface area contributed by atoms with E-state index in [1.165, 1.54) is 0 Å². The van der Waals surface area contributed by atoms with Crippen LogP contribution in [0.25, 0.3) is 242 Å². The van der Waals surface area contributed by atoms with Crippen molar-refractivity contribution in [2.45, 2.75) is 0 Å². The molecule has 0 bridgehead atoms. The molecule has 23 rings (SSSR count). The number of ether oxygens (including phenoxy) is 4. The third-order valence-electron chi connectivity index (χ3n) is 24.8. The fourth-order valence-corrected chi connectivity index (χ4v) is 18.9. The summed E-state index contributed by atoms with van der Waals surface area (Å²) in [6.07, 6.45) is 0. The van der Waals surface area contributed by atoms with Crippen molar-refractivity contribution in [1.29, 1.82) is 0 Å². The number of rotatable bonds is 12. The van der Waals surface area contributed by atoms with E-state index < -0.39 is 0 Å². The molecule has 0 N–H and O–H groups in total. The minimum atomic E-state index is 0.660. The Morgan fingerprint density at radius 2 is 0.534 bits per heavy atom. The first-order valence-corrected chi connectivity index (χ1v) is 39.7. The second-order valence-electron chi connectivity index (χ2n) is 31.0. The molecule has 12 heteroatoms. The summed E-state index contributed by atoms with van der Waals surface area (Å²) in [5, 5.41) is 19.7. The number of aromatic nitrogens is 8. The molecule has 0 aliphatic carbocycles. The molecule has 0 amide bonds. The molecular weight excluding hydrogens is 1450 g/mol. The molecule has 118 heavy (non-hydrogen) atoms. The van der Waals surface area contributed by atoms with E-state index in [9.17, 15) is 0 Å². The third-order valence-corrected chi connectivity index (χ3v) is 24.8. The van der Waals surface area contributed by atoms with Gasteiger partial charge in [-0.2, -0.15) is 0 Å². The van der Waals surface area contributed by atoms with Crippen molar-refractivity contribution in [2.24, 2.45) is 21.1 Å². The summed E-state index contributed by atoms with van der Waals surface area (Å²) in [6, 6.07) is 111. The molecule has 4 heterocycles. The minimum Gasteiger partial charge on any atom is -0.497 e. The third kappa shape index (κ3) is 10.4. The predicted octanol–water partition coefficient (Wildman–Crippen LogP) is 26.2. The van der Waals surface area contributed by atoms with Crippen LogP contribution in [-0.2, 0) is 21.1 Å². The smallest absolute Gasteiger partial charge is 0.146 e. The van der Waals surface area contributed by atoms with E-state index in [0.29, 0.717) is 11.3 Å². The summed E-state index contributed by atoms with van der Waals surface area (Å²) < 4.78 is 30.3. The van der Waals surface area contributed by atoms with Gasteiger partial charge in [0, 0.05) is 75.4 Å². The second kappa shape index (κ2) is 26.4. The molecule has 0 aliphatic rings. The summed E-state index contributed by atoms with van der Waals surface area (Å²) in [4.78, 5) is 28.1. The molecule has 0 fully saturated rings. The highest BCUT2D eigenvalue weighted by molar-refractivity contribution is 6.30.